The van der Waals surface area contributed by atoms with Crippen LogP contribution in [0.5, 0.6) is 0 Å². The fraction of sp³-hybridized carbons (Fsp3) is 0.417. The van der Waals surface area contributed by atoms with Gasteiger partial charge in [0.15, 0.2) is 0 Å². The number of benzene rings is 1. The van der Waals surface area contributed by atoms with Gasteiger partial charge in [0.25, 0.3) is 0 Å². The third-order valence-corrected chi connectivity index (χ3v) is 2.22. The monoisotopic (exact) mass is 208 g/mol. The summed E-state index contributed by atoms with van der Waals surface area (Å²) in [5, 5.41) is 0. The summed E-state index contributed by atoms with van der Waals surface area (Å²) in [5.74, 6) is -0.142. The Morgan fingerprint density at radius 3 is 2.27 bits per heavy atom. The van der Waals surface area contributed by atoms with E-state index >= 15 is 0 Å². The maximum absolute atomic E-state index is 11.4. The van der Waals surface area contributed by atoms with Crippen molar-refractivity contribution in [2.75, 3.05) is 0 Å². The van der Waals surface area contributed by atoms with Gasteiger partial charge in [-0.15, -0.1) is 0 Å². The summed E-state index contributed by atoms with van der Waals surface area (Å²) < 4.78 is 0. The molecule has 0 aliphatic rings. The van der Waals surface area contributed by atoms with Gasteiger partial charge in [0, 0.05) is 0 Å². The van der Waals surface area contributed by atoms with Crippen LogP contribution in [0.2, 0.25) is 0 Å². The summed E-state index contributed by atoms with van der Waals surface area (Å²) in [6.45, 7) is 5.87. The van der Waals surface area contributed by atoms with Crippen LogP contribution in [0.4, 0.5) is 0 Å². The molecule has 0 fully saturated rings. The minimum Gasteiger partial charge on any atom is -0.293 e. The Morgan fingerprint density at radius 2 is 1.73 bits per heavy atom. The molecule has 0 radical (unpaired) electrons. The standard InChI is InChI=1S/C12H16O3/c1-9(2)10(3)14-15-12(13)11-7-5-4-6-8-11/h4-10H,1-3H3. The summed E-state index contributed by atoms with van der Waals surface area (Å²) >= 11 is 0. The number of carbonyl (C=O) groups excluding carboxylic acids is 1. The van der Waals surface area contributed by atoms with Crippen LogP contribution < -0.4 is 0 Å². The number of hydrogen-bond acceptors (Lipinski definition) is 3. The molecule has 1 aromatic carbocycles. The normalized spacial score (nSPS) is 12.5. The van der Waals surface area contributed by atoms with E-state index in [4.69, 9.17) is 9.78 Å². The molecule has 3 heteroatoms. The van der Waals surface area contributed by atoms with Crippen molar-refractivity contribution in [1.29, 1.82) is 0 Å². The van der Waals surface area contributed by atoms with Gasteiger partial charge in [-0.1, -0.05) is 32.0 Å². The quantitative estimate of drug-likeness (QED) is 0.563. The molecule has 1 atom stereocenters. The third kappa shape index (κ3) is 3.72. The first-order valence-electron chi connectivity index (χ1n) is 5.04. The summed E-state index contributed by atoms with van der Waals surface area (Å²) in [5.41, 5.74) is 0.494. The molecule has 15 heavy (non-hydrogen) atoms. The molecule has 1 aromatic rings. The number of carbonyl (C=O) groups is 1. The Bertz CT molecular complexity index is 306. The topological polar surface area (TPSA) is 35.5 Å². The average molecular weight is 208 g/mol. The van der Waals surface area contributed by atoms with E-state index in [1.165, 1.54) is 0 Å². The van der Waals surface area contributed by atoms with Crippen molar-refractivity contribution in [2.24, 2.45) is 5.92 Å². The van der Waals surface area contributed by atoms with Gasteiger partial charge in [-0.05, 0) is 25.0 Å². The Balaban J connectivity index is 2.44. The predicted octanol–water partition coefficient (Wildman–Crippen LogP) is 2.82. The molecule has 0 spiro atoms. The fourth-order valence-electron chi connectivity index (χ4n) is 0.853. The summed E-state index contributed by atoms with van der Waals surface area (Å²) in [6, 6.07) is 8.77. The van der Waals surface area contributed by atoms with Crippen molar-refractivity contribution < 1.29 is 14.6 Å². The van der Waals surface area contributed by atoms with Crippen LogP contribution in [0.3, 0.4) is 0 Å². The van der Waals surface area contributed by atoms with Crippen molar-refractivity contribution in [3.8, 4) is 0 Å². The molecule has 1 unspecified atom stereocenters. The molecule has 0 saturated carbocycles. The zero-order valence-electron chi connectivity index (χ0n) is 9.27. The molecule has 0 heterocycles. The minimum atomic E-state index is -0.455. The molecule has 1 rings (SSSR count). The van der Waals surface area contributed by atoms with E-state index in [0.717, 1.165) is 0 Å². The van der Waals surface area contributed by atoms with E-state index in [-0.39, 0.29) is 6.10 Å². The molecule has 0 aliphatic heterocycles. The lowest BCUT2D eigenvalue weighted by molar-refractivity contribution is -0.278. The number of rotatable bonds is 4. The van der Waals surface area contributed by atoms with Gasteiger partial charge in [-0.3, -0.25) is 4.89 Å². The van der Waals surface area contributed by atoms with Crippen LogP contribution in [0.25, 0.3) is 0 Å². The van der Waals surface area contributed by atoms with Gasteiger partial charge >= 0.3 is 5.97 Å². The molecule has 0 bridgehead atoms. The van der Waals surface area contributed by atoms with Gasteiger partial charge in [0.1, 0.15) is 6.10 Å². The van der Waals surface area contributed by atoms with Crippen LogP contribution in [0.15, 0.2) is 30.3 Å². The lowest BCUT2D eigenvalue weighted by atomic mass is 10.1. The van der Waals surface area contributed by atoms with Crippen molar-refractivity contribution in [1.82, 2.24) is 0 Å². The Labute approximate surface area is 89.9 Å². The van der Waals surface area contributed by atoms with E-state index in [0.29, 0.717) is 11.5 Å². The van der Waals surface area contributed by atoms with Gasteiger partial charge in [-0.2, -0.15) is 4.89 Å². The highest BCUT2D eigenvalue weighted by molar-refractivity contribution is 5.88. The van der Waals surface area contributed by atoms with Crippen molar-refractivity contribution in [3.05, 3.63) is 35.9 Å². The van der Waals surface area contributed by atoms with E-state index in [2.05, 4.69) is 0 Å². The molecule has 3 nitrogen and oxygen atoms in total. The van der Waals surface area contributed by atoms with E-state index in [1.54, 1.807) is 24.3 Å². The van der Waals surface area contributed by atoms with Gasteiger partial charge in [-0.25, -0.2) is 4.79 Å². The second-order valence-corrected chi connectivity index (χ2v) is 3.78. The van der Waals surface area contributed by atoms with Crippen molar-refractivity contribution >= 4 is 5.97 Å². The lowest BCUT2D eigenvalue weighted by Crippen LogP contribution is -2.18. The van der Waals surface area contributed by atoms with Gasteiger partial charge in [0.2, 0.25) is 0 Å². The summed E-state index contributed by atoms with van der Waals surface area (Å²) in [4.78, 5) is 21.1. The molecule has 82 valence electrons. The molecule has 0 saturated heterocycles. The van der Waals surface area contributed by atoms with Crippen LogP contribution in [0.1, 0.15) is 31.1 Å². The highest BCUT2D eigenvalue weighted by Crippen LogP contribution is 2.08. The SMILES string of the molecule is CC(C)C(C)OOC(=O)c1ccccc1. The minimum absolute atomic E-state index is 0.0994. The first kappa shape index (κ1) is 11.7. The van der Waals surface area contributed by atoms with Gasteiger partial charge in [0.05, 0.1) is 5.56 Å². The smallest absolute Gasteiger partial charge is 0.293 e. The molecular weight excluding hydrogens is 192 g/mol. The average Bonchev–Trinajstić information content (AvgIpc) is 2.26. The summed E-state index contributed by atoms with van der Waals surface area (Å²) in [6.07, 6.45) is -0.0994. The van der Waals surface area contributed by atoms with Crippen LogP contribution >= 0.6 is 0 Å². The van der Waals surface area contributed by atoms with Crippen molar-refractivity contribution in [2.45, 2.75) is 26.9 Å². The summed E-state index contributed by atoms with van der Waals surface area (Å²) in [7, 11) is 0. The largest absolute Gasteiger partial charge is 0.373 e. The Morgan fingerprint density at radius 1 is 1.13 bits per heavy atom. The third-order valence-electron chi connectivity index (χ3n) is 2.22. The van der Waals surface area contributed by atoms with E-state index < -0.39 is 5.97 Å². The molecule has 0 amide bonds. The fourth-order valence-corrected chi connectivity index (χ4v) is 0.853. The zero-order valence-corrected chi connectivity index (χ0v) is 9.27. The van der Waals surface area contributed by atoms with Crippen LogP contribution in [-0.4, -0.2) is 12.1 Å². The second kappa shape index (κ2) is 5.51. The maximum atomic E-state index is 11.4. The lowest BCUT2D eigenvalue weighted by Gasteiger charge is -2.14. The maximum Gasteiger partial charge on any atom is 0.373 e. The van der Waals surface area contributed by atoms with E-state index in [9.17, 15) is 4.79 Å². The number of hydrogen-bond donors (Lipinski definition) is 0. The molecule has 0 N–H and O–H groups in total. The van der Waals surface area contributed by atoms with Crippen molar-refractivity contribution in [3.63, 3.8) is 0 Å². The molecule has 0 aliphatic carbocycles. The molecule has 0 aromatic heterocycles. The first-order valence-corrected chi connectivity index (χ1v) is 5.04. The Hall–Kier alpha value is -1.35. The second-order valence-electron chi connectivity index (χ2n) is 3.78. The Kier molecular flexibility index (Phi) is 4.31. The van der Waals surface area contributed by atoms with Crippen LogP contribution in [0, 0.1) is 5.92 Å². The first-order chi connectivity index (χ1) is 7.11. The van der Waals surface area contributed by atoms with Gasteiger partial charge < -0.3 is 0 Å². The van der Waals surface area contributed by atoms with Crippen LogP contribution in [-0.2, 0) is 9.78 Å². The zero-order chi connectivity index (χ0) is 11.3. The highest BCUT2D eigenvalue weighted by Gasteiger charge is 2.13. The predicted molar refractivity (Wildman–Crippen MR) is 57.2 cm³/mol. The van der Waals surface area contributed by atoms with E-state index in [1.807, 2.05) is 26.8 Å². The molecular formula is C12H16O3. The highest BCUT2D eigenvalue weighted by atomic mass is 17.2.